The molecule has 0 aromatic heterocycles. The minimum absolute atomic E-state index is 0.245. The van der Waals surface area contributed by atoms with Crippen LogP contribution in [-0.4, -0.2) is 13.7 Å². The number of nitrogens with zero attached hydrogens (tertiary/aromatic N) is 1. The Kier molecular flexibility index (Phi) is 5.99. The smallest absolute Gasteiger partial charge is 0.165 e. The van der Waals surface area contributed by atoms with E-state index in [1.165, 1.54) is 6.07 Å². The van der Waals surface area contributed by atoms with Gasteiger partial charge < -0.3 is 9.47 Å². The SMILES string of the molecule is COc1ccc(C)cc1C(C#N)CCCOc1ccccc1F. The maximum Gasteiger partial charge on any atom is 0.165 e. The normalized spacial score (nSPS) is 11.6. The summed E-state index contributed by atoms with van der Waals surface area (Å²) in [5.74, 6) is 0.324. The molecule has 0 saturated carbocycles. The van der Waals surface area contributed by atoms with Crippen molar-refractivity contribution in [3.63, 3.8) is 0 Å². The van der Waals surface area contributed by atoms with E-state index in [9.17, 15) is 9.65 Å². The third-order valence-corrected chi connectivity index (χ3v) is 3.65. The summed E-state index contributed by atoms with van der Waals surface area (Å²) in [6, 6.07) is 14.5. The van der Waals surface area contributed by atoms with E-state index < -0.39 is 0 Å². The van der Waals surface area contributed by atoms with E-state index in [1.807, 2.05) is 25.1 Å². The number of ether oxygens (including phenoxy) is 2. The van der Waals surface area contributed by atoms with E-state index in [0.717, 1.165) is 16.9 Å². The number of rotatable bonds is 7. The molecule has 2 aromatic rings. The average molecular weight is 313 g/mol. The van der Waals surface area contributed by atoms with Gasteiger partial charge in [-0.1, -0.05) is 29.8 Å². The van der Waals surface area contributed by atoms with E-state index in [4.69, 9.17) is 9.47 Å². The van der Waals surface area contributed by atoms with Crippen molar-refractivity contribution in [1.82, 2.24) is 0 Å². The first-order valence-electron chi connectivity index (χ1n) is 7.57. The van der Waals surface area contributed by atoms with Gasteiger partial charge in [0.2, 0.25) is 0 Å². The maximum absolute atomic E-state index is 13.5. The highest BCUT2D eigenvalue weighted by Crippen LogP contribution is 2.30. The van der Waals surface area contributed by atoms with E-state index in [0.29, 0.717) is 19.4 Å². The molecule has 1 atom stereocenters. The molecule has 0 N–H and O–H groups in total. The summed E-state index contributed by atoms with van der Waals surface area (Å²) in [4.78, 5) is 0. The number of para-hydroxylation sites is 1. The van der Waals surface area contributed by atoms with E-state index in [-0.39, 0.29) is 17.5 Å². The van der Waals surface area contributed by atoms with Crippen LogP contribution in [0.1, 0.15) is 29.9 Å². The molecule has 0 spiro atoms. The zero-order valence-corrected chi connectivity index (χ0v) is 13.4. The third-order valence-electron chi connectivity index (χ3n) is 3.65. The molecule has 0 aliphatic carbocycles. The summed E-state index contributed by atoms with van der Waals surface area (Å²) in [5, 5.41) is 9.44. The number of hydrogen-bond acceptors (Lipinski definition) is 3. The second-order valence-corrected chi connectivity index (χ2v) is 5.35. The number of halogens is 1. The van der Waals surface area contributed by atoms with Gasteiger partial charge in [0.05, 0.1) is 25.7 Å². The summed E-state index contributed by atoms with van der Waals surface area (Å²) in [6.45, 7) is 2.35. The quantitative estimate of drug-likeness (QED) is 0.701. The lowest BCUT2D eigenvalue weighted by Crippen LogP contribution is -2.04. The van der Waals surface area contributed by atoms with Crippen LogP contribution in [-0.2, 0) is 0 Å². The topological polar surface area (TPSA) is 42.2 Å². The van der Waals surface area contributed by atoms with Crippen LogP contribution in [0.25, 0.3) is 0 Å². The number of hydrogen-bond donors (Lipinski definition) is 0. The van der Waals surface area contributed by atoms with Gasteiger partial charge in [-0.2, -0.15) is 5.26 Å². The summed E-state index contributed by atoms with van der Waals surface area (Å²) in [6.07, 6.45) is 1.29. The highest BCUT2D eigenvalue weighted by Gasteiger charge is 2.16. The Morgan fingerprint density at radius 3 is 2.65 bits per heavy atom. The van der Waals surface area contributed by atoms with Gasteiger partial charge in [-0.25, -0.2) is 4.39 Å². The van der Waals surface area contributed by atoms with E-state index in [2.05, 4.69) is 6.07 Å². The Balaban J connectivity index is 1.95. The third kappa shape index (κ3) is 4.46. The van der Waals surface area contributed by atoms with Crippen molar-refractivity contribution in [2.45, 2.75) is 25.7 Å². The molecule has 2 aromatic carbocycles. The molecule has 1 unspecified atom stereocenters. The van der Waals surface area contributed by atoms with Crippen molar-refractivity contribution in [3.05, 3.63) is 59.4 Å². The fraction of sp³-hybridized carbons (Fsp3) is 0.316. The van der Waals surface area contributed by atoms with Crippen molar-refractivity contribution in [3.8, 4) is 17.6 Å². The zero-order valence-electron chi connectivity index (χ0n) is 13.4. The first-order chi connectivity index (χ1) is 11.2. The predicted octanol–water partition coefficient (Wildman–Crippen LogP) is 4.61. The highest BCUT2D eigenvalue weighted by molar-refractivity contribution is 5.41. The molecule has 0 bridgehead atoms. The van der Waals surface area contributed by atoms with E-state index >= 15 is 0 Å². The molecule has 3 nitrogen and oxygen atoms in total. The standard InChI is InChI=1S/C19H20FNO2/c1-14-9-10-18(22-2)16(12-14)15(13-21)6-5-11-23-19-8-4-3-7-17(19)20/h3-4,7-10,12,15H,5-6,11H2,1-2H3. The van der Waals surface area contributed by atoms with Gasteiger partial charge in [0.15, 0.2) is 11.6 Å². The van der Waals surface area contributed by atoms with Gasteiger partial charge in [0.1, 0.15) is 5.75 Å². The van der Waals surface area contributed by atoms with Gasteiger partial charge in [0.25, 0.3) is 0 Å². The van der Waals surface area contributed by atoms with Crippen molar-refractivity contribution >= 4 is 0 Å². The summed E-state index contributed by atoms with van der Waals surface area (Å²) in [5.41, 5.74) is 1.98. The van der Waals surface area contributed by atoms with Crippen LogP contribution in [0.15, 0.2) is 42.5 Å². The number of benzene rings is 2. The predicted molar refractivity (Wildman–Crippen MR) is 87.2 cm³/mol. The van der Waals surface area contributed by atoms with Crippen LogP contribution in [0.4, 0.5) is 4.39 Å². The first-order valence-corrected chi connectivity index (χ1v) is 7.57. The summed E-state index contributed by atoms with van der Waals surface area (Å²) in [7, 11) is 1.60. The highest BCUT2D eigenvalue weighted by atomic mass is 19.1. The molecular formula is C19H20FNO2. The molecule has 0 fully saturated rings. The molecule has 2 rings (SSSR count). The molecule has 0 aliphatic heterocycles. The molecule has 0 saturated heterocycles. The van der Waals surface area contributed by atoms with Crippen LogP contribution in [0.3, 0.4) is 0 Å². The maximum atomic E-state index is 13.5. The molecule has 4 heteroatoms. The molecule has 0 amide bonds. The molecule has 23 heavy (non-hydrogen) atoms. The second kappa shape index (κ2) is 8.19. The van der Waals surface area contributed by atoms with Crippen LogP contribution in [0.5, 0.6) is 11.5 Å². The average Bonchev–Trinajstić information content (AvgIpc) is 2.56. The second-order valence-electron chi connectivity index (χ2n) is 5.35. The molecule has 0 radical (unpaired) electrons. The lowest BCUT2D eigenvalue weighted by Gasteiger charge is -2.15. The lowest BCUT2D eigenvalue weighted by atomic mass is 9.93. The van der Waals surface area contributed by atoms with Gasteiger partial charge in [-0.05, 0) is 38.0 Å². The van der Waals surface area contributed by atoms with Gasteiger partial charge >= 0.3 is 0 Å². The van der Waals surface area contributed by atoms with Crippen LogP contribution in [0, 0.1) is 24.1 Å². The van der Waals surface area contributed by atoms with Crippen molar-refractivity contribution in [2.24, 2.45) is 0 Å². The number of methoxy groups -OCH3 is 1. The number of aryl methyl sites for hydroxylation is 1. The Labute approximate surface area is 136 Å². The van der Waals surface area contributed by atoms with Crippen molar-refractivity contribution < 1.29 is 13.9 Å². The molecule has 0 aliphatic rings. The van der Waals surface area contributed by atoms with Gasteiger partial charge in [-0.3, -0.25) is 0 Å². The Morgan fingerprint density at radius 2 is 1.96 bits per heavy atom. The van der Waals surface area contributed by atoms with Crippen LogP contribution in [0.2, 0.25) is 0 Å². The summed E-state index contributed by atoms with van der Waals surface area (Å²) < 4.78 is 24.2. The van der Waals surface area contributed by atoms with Gasteiger partial charge in [0, 0.05) is 5.56 Å². The largest absolute Gasteiger partial charge is 0.496 e. The Hall–Kier alpha value is -2.54. The molecule has 0 heterocycles. The minimum Gasteiger partial charge on any atom is -0.496 e. The Bertz CT molecular complexity index is 694. The summed E-state index contributed by atoms with van der Waals surface area (Å²) >= 11 is 0. The van der Waals surface area contributed by atoms with E-state index in [1.54, 1.807) is 25.3 Å². The van der Waals surface area contributed by atoms with Crippen LogP contribution < -0.4 is 9.47 Å². The van der Waals surface area contributed by atoms with Gasteiger partial charge in [-0.15, -0.1) is 0 Å². The van der Waals surface area contributed by atoms with Crippen molar-refractivity contribution in [1.29, 1.82) is 5.26 Å². The minimum atomic E-state index is -0.371. The van der Waals surface area contributed by atoms with Crippen LogP contribution >= 0.6 is 0 Å². The monoisotopic (exact) mass is 313 g/mol. The fourth-order valence-electron chi connectivity index (χ4n) is 2.45. The number of nitriles is 1. The fourth-order valence-corrected chi connectivity index (χ4v) is 2.45. The Morgan fingerprint density at radius 1 is 1.17 bits per heavy atom. The molecule has 120 valence electrons. The first kappa shape index (κ1) is 16.8. The van der Waals surface area contributed by atoms with Crippen molar-refractivity contribution in [2.75, 3.05) is 13.7 Å². The lowest BCUT2D eigenvalue weighted by molar-refractivity contribution is 0.290. The molecular weight excluding hydrogens is 293 g/mol. The zero-order chi connectivity index (χ0) is 16.7.